The molecule has 25 heavy (non-hydrogen) atoms. The molecule has 0 saturated heterocycles. The average Bonchev–Trinajstić information content (AvgIpc) is 2.61. The molecule has 2 N–H and O–H groups in total. The van der Waals surface area contributed by atoms with Crippen LogP contribution in [-0.2, 0) is 9.47 Å². The minimum Gasteiger partial charge on any atom is -0.501 e. The lowest BCUT2D eigenvalue weighted by atomic mass is 9.77. The number of aliphatic hydroxyl groups excluding tert-OH is 1. The van der Waals surface area contributed by atoms with Crippen LogP contribution in [0.1, 0.15) is 59.3 Å². The van der Waals surface area contributed by atoms with E-state index in [0.717, 1.165) is 43.6 Å². The van der Waals surface area contributed by atoms with Crippen molar-refractivity contribution in [3.63, 3.8) is 0 Å². The van der Waals surface area contributed by atoms with Crippen LogP contribution in [-0.4, -0.2) is 41.2 Å². The summed E-state index contributed by atoms with van der Waals surface area (Å²) in [6, 6.07) is 0. The molecular weight excluding hydrogens is 316 g/mol. The van der Waals surface area contributed by atoms with Crippen LogP contribution >= 0.6 is 0 Å². The lowest BCUT2D eigenvalue weighted by Crippen LogP contribution is -2.42. The van der Waals surface area contributed by atoms with Crippen LogP contribution in [0.4, 0.5) is 0 Å². The minimum atomic E-state index is -1.02. The quantitative estimate of drug-likeness (QED) is 0.748. The van der Waals surface area contributed by atoms with Gasteiger partial charge in [0.05, 0.1) is 18.5 Å². The van der Waals surface area contributed by atoms with E-state index in [1.165, 1.54) is 0 Å². The van der Waals surface area contributed by atoms with Gasteiger partial charge in [0.1, 0.15) is 11.7 Å². The van der Waals surface area contributed by atoms with Crippen molar-refractivity contribution in [3.05, 3.63) is 23.5 Å². The fourth-order valence-electron chi connectivity index (χ4n) is 3.45. The first kappa shape index (κ1) is 20.0. The number of aliphatic hydroxyl groups is 2. The summed E-state index contributed by atoms with van der Waals surface area (Å²) in [6.45, 7) is 7.02. The highest BCUT2D eigenvalue weighted by Gasteiger charge is 2.38. The van der Waals surface area contributed by atoms with Crippen LogP contribution < -0.4 is 0 Å². The van der Waals surface area contributed by atoms with Crippen molar-refractivity contribution >= 4 is 0 Å². The molecule has 0 heterocycles. The first-order valence-electron chi connectivity index (χ1n) is 9.32. The highest BCUT2D eigenvalue weighted by atomic mass is 16.5. The van der Waals surface area contributed by atoms with Gasteiger partial charge in [-0.25, -0.2) is 0 Å². The number of rotatable bonds is 5. The third kappa shape index (κ3) is 5.34. The van der Waals surface area contributed by atoms with E-state index in [1.807, 2.05) is 12.2 Å². The molecule has 1 fully saturated rings. The maximum atomic E-state index is 10.7. The molecule has 2 rings (SSSR count). The van der Waals surface area contributed by atoms with Gasteiger partial charge < -0.3 is 19.7 Å². The fourth-order valence-corrected chi connectivity index (χ4v) is 3.45. The van der Waals surface area contributed by atoms with E-state index in [1.54, 1.807) is 7.11 Å². The predicted octanol–water partition coefficient (Wildman–Crippen LogP) is 3.34. The largest absolute Gasteiger partial charge is 0.501 e. The summed E-state index contributed by atoms with van der Waals surface area (Å²) in [5.41, 5.74) is -0.313. The molecule has 0 aromatic rings. The Balaban J connectivity index is 1.97. The van der Waals surface area contributed by atoms with Crippen molar-refractivity contribution in [3.8, 4) is 11.8 Å². The zero-order chi connectivity index (χ0) is 18.5. The van der Waals surface area contributed by atoms with Gasteiger partial charge in [-0.15, -0.1) is 0 Å². The Hall–Kier alpha value is -1.28. The Morgan fingerprint density at radius 3 is 2.52 bits per heavy atom. The van der Waals surface area contributed by atoms with Gasteiger partial charge in [-0.05, 0) is 57.1 Å². The summed E-state index contributed by atoms with van der Waals surface area (Å²) in [5, 5.41) is 21.1. The van der Waals surface area contributed by atoms with Crippen LogP contribution in [0.5, 0.6) is 0 Å². The molecule has 0 bridgehead atoms. The maximum absolute atomic E-state index is 10.7. The molecule has 2 aliphatic carbocycles. The first-order valence-corrected chi connectivity index (χ1v) is 9.32. The molecule has 4 nitrogen and oxygen atoms in total. The van der Waals surface area contributed by atoms with Gasteiger partial charge in [0.2, 0.25) is 0 Å². The average molecular weight is 348 g/mol. The summed E-state index contributed by atoms with van der Waals surface area (Å²) in [5.74, 6) is 6.95. The summed E-state index contributed by atoms with van der Waals surface area (Å²) in [6.07, 6.45) is 7.37. The highest BCUT2D eigenvalue weighted by molar-refractivity contribution is 5.32. The molecule has 2 aliphatic rings. The summed E-state index contributed by atoms with van der Waals surface area (Å²) >= 11 is 0. The zero-order valence-electron chi connectivity index (χ0n) is 16.0. The standard InChI is InChI=1S/C21H32O4/c1-5-14-25-20(3)10-12-21(23,13-11-20)9-8-18(22)17-6-7-19(24-4)16(2)15-17/h6-7,16,18,22-23H,5,10-15H2,1-4H3. The lowest BCUT2D eigenvalue weighted by molar-refractivity contribution is -0.0908. The number of allylic oxidation sites excluding steroid dienone is 3. The van der Waals surface area contributed by atoms with Gasteiger partial charge in [-0.1, -0.05) is 31.8 Å². The Labute approximate surface area is 151 Å². The number of hydrogen-bond donors (Lipinski definition) is 2. The molecule has 0 aromatic heterocycles. The van der Waals surface area contributed by atoms with Crippen molar-refractivity contribution in [2.45, 2.75) is 76.6 Å². The van der Waals surface area contributed by atoms with Gasteiger partial charge >= 0.3 is 0 Å². The molecule has 0 radical (unpaired) electrons. The molecule has 0 aromatic carbocycles. The molecular formula is C21H32O4. The van der Waals surface area contributed by atoms with Gasteiger partial charge in [-0.2, -0.15) is 0 Å². The van der Waals surface area contributed by atoms with Gasteiger partial charge in [0.25, 0.3) is 0 Å². The summed E-state index contributed by atoms with van der Waals surface area (Å²) in [7, 11) is 1.66. The lowest BCUT2D eigenvalue weighted by Gasteiger charge is -2.39. The van der Waals surface area contributed by atoms with E-state index < -0.39 is 11.7 Å². The van der Waals surface area contributed by atoms with E-state index >= 15 is 0 Å². The molecule has 4 heteroatoms. The topological polar surface area (TPSA) is 58.9 Å². The first-order chi connectivity index (χ1) is 11.8. The molecule has 2 atom stereocenters. The number of hydrogen-bond acceptors (Lipinski definition) is 4. The zero-order valence-corrected chi connectivity index (χ0v) is 16.0. The van der Waals surface area contributed by atoms with Crippen molar-refractivity contribution in [1.82, 2.24) is 0 Å². The second kappa shape index (κ2) is 8.40. The number of ether oxygens (including phenoxy) is 2. The SMILES string of the molecule is CCCOC1(C)CCC(O)(C#CC(O)C2=CC=C(OC)C(C)C2)CC1. The molecule has 1 saturated carbocycles. The molecule has 2 unspecified atom stereocenters. The van der Waals surface area contributed by atoms with Crippen LogP contribution in [0, 0.1) is 17.8 Å². The molecule has 0 aliphatic heterocycles. The van der Waals surface area contributed by atoms with E-state index in [-0.39, 0.29) is 11.5 Å². The molecule has 0 amide bonds. The van der Waals surface area contributed by atoms with Crippen LogP contribution in [0.2, 0.25) is 0 Å². The van der Waals surface area contributed by atoms with Crippen LogP contribution in [0.3, 0.4) is 0 Å². The Morgan fingerprint density at radius 1 is 1.28 bits per heavy atom. The van der Waals surface area contributed by atoms with E-state index in [2.05, 4.69) is 32.6 Å². The second-order valence-electron chi connectivity index (χ2n) is 7.62. The van der Waals surface area contributed by atoms with Crippen molar-refractivity contribution < 1.29 is 19.7 Å². The van der Waals surface area contributed by atoms with Crippen molar-refractivity contribution in [2.24, 2.45) is 5.92 Å². The fraction of sp³-hybridized carbons (Fsp3) is 0.714. The molecule has 140 valence electrons. The Morgan fingerprint density at radius 2 is 1.96 bits per heavy atom. The monoisotopic (exact) mass is 348 g/mol. The van der Waals surface area contributed by atoms with Crippen LogP contribution in [0.15, 0.2) is 23.5 Å². The maximum Gasteiger partial charge on any atom is 0.136 e. The number of methoxy groups -OCH3 is 1. The highest BCUT2D eigenvalue weighted by Crippen LogP contribution is 2.37. The summed E-state index contributed by atoms with van der Waals surface area (Å²) in [4.78, 5) is 0. The Bertz CT molecular complexity index is 570. The predicted molar refractivity (Wildman–Crippen MR) is 98.8 cm³/mol. The van der Waals surface area contributed by atoms with E-state index in [4.69, 9.17) is 9.47 Å². The second-order valence-corrected chi connectivity index (χ2v) is 7.62. The van der Waals surface area contributed by atoms with Crippen molar-refractivity contribution in [2.75, 3.05) is 13.7 Å². The van der Waals surface area contributed by atoms with Gasteiger partial charge in [0.15, 0.2) is 0 Å². The van der Waals surface area contributed by atoms with Gasteiger partial charge in [-0.3, -0.25) is 0 Å². The third-order valence-corrected chi connectivity index (χ3v) is 5.31. The Kier molecular flexibility index (Phi) is 6.73. The normalized spacial score (nSPS) is 33.6. The molecule has 0 spiro atoms. The van der Waals surface area contributed by atoms with E-state index in [9.17, 15) is 10.2 Å². The third-order valence-electron chi connectivity index (χ3n) is 5.31. The van der Waals surface area contributed by atoms with Crippen LogP contribution in [0.25, 0.3) is 0 Å². The van der Waals surface area contributed by atoms with E-state index in [0.29, 0.717) is 12.8 Å². The van der Waals surface area contributed by atoms with Gasteiger partial charge in [0, 0.05) is 12.5 Å². The minimum absolute atomic E-state index is 0.161. The van der Waals surface area contributed by atoms with Crippen molar-refractivity contribution in [1.29, 1.82) is 0 Å². The smallest absolute Gasteiger partial charge is 0.136 e. The summed E-state index contributed by atoms with van der Waals surface area (Å²) < 4.78 is 11.2.